The first-order chi connectivity index (χ1) is 9.15. The van der Waals surface area contributed by atoms with Crippen molar-refractivity contribution in [1.82, 2.24) is 9.78 Å². The van der Waals surface area contributed by atoms with E-state index in [1.165, 1.54) is 0 Å². The summed E-state index contributed by atoms with van der Waals surface area (Å²) in [5.74, 6) is 0.115. The molecule has 0 radical (unpaired) electrons. The van der Waals surface area contributed by atoms with Crippen molar-refractivity contribution in [2.45, 2.75) is 33.2 Å². The van der Waals surface area contributed by atoms with Crippen molar-refractivity contribution in [3.63, 3.8) is 0 Å². The summed E-state index contributed by atoms with van der Waals surface area (Å²) in [5, 5.41) is 4.47. The van der Waals surface area contributed by atoms with Crippen molar-refractivity contribution in [1.29, 1.82) is 0 Å². The molecular formula is C15H17BrN2O. The van der Waals surface area contributed by atoms with Gasteiger partial charge in [-0.15, -0.1) is 0 Å². The highest BCUT2D eigenvalue weighted by atomic mass is 79.9. The second-order valence-electron chi connectivity index (χ2n) is 4.38. The third kappa shape index (κ3) is 3.13. The van der Waals surface area contributed by atoms with E-state index in [9.17, 15) is 4.79 Å². The van der Waals surface area contributed by atoms with E-state index in [2.05, 4.69) is 28.0 Å². The summed E-state index contributed by atoms with van der Waals surface area (Å²) in [7, 11) is 0. The highest BCUT2D eigenvalue weighted by Gasteiger charge is 2.14. The molecule has 4 heteroatoms. The molecule has 2 rings (SSSR count). The van der Waals surface area contributed by atoms with Gasteiger partial charge in [0, 0.05) is 22.3 Å². The molecule has 0 atom stereocenters. The topological polar surface area (TPSA) is 34.9 Å². The number of rotatable bonds is 5. The van der Waals surface area contributed by atoms with Gasteiger partial charge in [-0.3, -0.25) is 9.48 Å². The van der Waals surface area contributed by atoms with Gasteiger partial charge in [-0.1, -0.05) is 41.1 Å². The number of carbonyl (C=O) groups is 1. The molecule has 1 aromatic heterocycles. The maximum absolute atomic E-state index is 12.3. The van der Waals surface area contributed by atoms with Crippen LogP contribution >= 0.6 is 15.9 Å². The van der Waals surface area contributed by atoms with Crippen LogP contribution < -0.4 is 0 Å². The lowest BCUT2D eigenvalue weighted by atomic mass is 10.1. The van der Waals surface area contributed by atoms with Crippen LogP contribution in [-0.4, -0.2) is 15.6 Å². The molecule has 19 heavy (non-hydrogen) atoms. The third-order valence-corrected chi connectivity index (χ3v) is 3.78. The largest absolute Gasteiger partial charge is 0.294 e. The van der Waals surface area contributed by atoms with Crippen molar-refractivity contribution in [2.75, 3.05) is 0 Å². The van der Waals surface area contributed by atoms with Crippen molar-refractivity contribution < 1.29 is 4.79 Å². The van der Waals surface area contributed by atoms with Gasteiger partial charge in [0.2, 0.25) is 0 Å². The summed E-state index contributed by atoms with van der Waals surface area (Å²) in [5.41, 5.74) is 2.75. The standard InChI is InChI=1S/C15H17BrN2O/c1-3-11-9-12(18(4-2)17-11)10-15(19)13-7-5-6-8-14(13)16/h5-9H,3-4,10H2,1-2H3. The Morgan fingerprint density at radius 1 is 1.32 bits per heavy atom. The number of ketones is 1. The van der Waals surface area contributed by atoms with Crippen LogP contribution in [0.5, 0.6) is 0 Å². The molecule has 3 nitrogen and oxygen atoms in total. The Balaban J connectivity index is 2.24. The second-order valence-corrected chi connectivity index (χ2v) is 5.23. The van der Waals surface area contributed by atoms with Crippen molar-refractivity contribution >= 4 is 21.7 Å². The van der Waals surface area contributed by atoms with E-state index >= 15 is 0 Å². The maximum Gasteiger partial charge on any atom is 0.169 e. The van der Waals surface area contributed by atoms with Crippen LogP contribution in [0.3, 0.4) is 0 Å². The number of aromatic nitrogens is 2. The van der Waals surface area contributed by atoms with E-state index in [0.29, 0.717) is 6.42 Å². The molecule has 0 bridgehead atoms. The van der Waals surface area contributed by atoms with E-state index < -0.39 is 0 Å². The Morgan fingerprint density at radius 3 is 2.68 bits per heavy atom. The van der Waals surface area contributed by atoms with E-state index in [4.69, 9.17) is 0 Å². The number of halogens is 1. The first-order valence-corrected chi connectivity index (χ1v) is 7.28. The van der Waals surface area contributed by atoms with Crippen molar-refractivity contribution in [2.24, 2.45) is 0 Å². The Bertz CT molecular complexity index is 590. The Labute approximate surface area is 121 Å². The van der Waals surface area contributed by atoms with Crippen LogP contribution in [0.1, 0.15) is 35.6 Å². The molecule has 0 aliphatic rings. The Morgan fingerprint density at radius 2 is 2.05 bits per heavy atom. The van der Waals surface area contributed by atoms with Gasteiger partial charge < -0.3 is 0 Å². The monoisotopic (exact) mass is 320 g/mol. The first-order valence-electron chi connectivity index (χ1n) is 6.49. The summed E-state index contributed by atoms with van der Waals surface area (Å²) in [6.07, 6.45) is 1.28. The van der Waals surface area contributed by atoms with Gasteiger partial charge in [0.15, 0.2) is 5.78 Å². The van der Waals surface area contributed by atoms with Gasteiger partial charge in [0.05, 0.1) is 12.1 Å². The molecule has 0 N–H and O–H groups in total. The lowest BCUT2D eigenvalue weighted by Crippen LogP contribution is -2.10. The van der Waals surface area contributed by atoms with Crippen LogP contribution in [0.2, 0.25) is 0 Å². The number of nitrogens with zero attached hydrogens (tertiary/aromatic N) is 2. The third-order valence-electron chi connectivity index (χ3n) is 3.09. The van der Waals surface area contributed by atoms with Gasteiger partial charge in [-0.25, -0.2) is 0 Å². The molecule has 0 spiro atoms. The second kappa shape index (κ2) is 6.15. The first kappa shape index (κ1) is 14.0. The normalized spacial score (nSPS) is 10.7. The minimum absolute atomic E-state index is 0.115. The molecule has 1 aromatic carbocycles. The SMILES string of the molecule is CCc1cc(CC(=O)c2ccccc2Br)n(CC)n1. The highest BCUT2D eigenvalue weighted by Crippen LogP contribution is 2.18. The molecule has 0 aliphatic heterocycles. The van der Waals surface area contributed by atoms with Gasteiger partial charge in [-0.2, -0.15) is 5.10 Å². The van der Waals surface area contributed by atoms with E-state index in [0.717, 1.165) is 34.4 Å². The predicted octanol–water partition coefficient (Wildman–Crippen LogP) is 3.65. The molecule has 0 saturated carbocycles. The zero-order chi connectivity index (χ0) is 13.8. The van der Waals surface area contributed by atoms with Crippen LogP contribution in [0.15, 0.2) is 34.8 Å². The molecule has 0 saturated heterocycles. The van der Waals surface area contributed by atoms with E-state index in [1.54, 1.807) is 0 Å². The van der Waals surface area contributed by atoms with Gasteiger partial charge in [-0.05, 0) is 25.5 Å². The van der Waals surface area contributed by atoms with Crippen LogP contribution in [0.4, 0.5) is 0 Å². The van der Waals surface area contributed by atoms with Crippen LogP contribution in [0, 0.1) is 0 Å². The fourth-order valence-electron chi connectivity index (χ4n) is 2.05. The molecule has 0 fully saturated rings. The summed E-state index contributed by atoms with van der Waals surface area (Å²) < 4.78 is 2.76. The van der Waals surface area contributed by atoms with Gasteiger partial charge in [0.25, 0.3) is 0 Å². The summed E-state index contributed by atoms with van der Waals surface area (Å²) >= 11 is 3.42. The molecule has 1 heterocycles. The number of benzene rings is 1. The molecular weight excluding hydrogens is 304 g/mol. The fourth-order valence-corrected chi connectivity index (χ4v) is 2.56. The smallest absolute Gasteiger partial charge is 0.169 e. The highest BCUT2D eigenvalue weighted by molar-refractivity contribution is 9.10. The molecule has 0 unspecified atom stereocenters. The summed E-state index contributed by atoms with van der Waals surface area (Å²) in [4.78, 5) is 12.3. The molecule has 0 amide bonds. The minimum atomic E-state index is 0.115. The van der Waals surface area contributed by atoms with E-state index in [1.807, 2.05) is 41.9 Å². The molecule has 2 aromatic rings. The van der Waals surface area contributed by atoms with Gasteiger partial charge in [0.1, 0.15) is 0 Å². The lowest BCUT2D eigenvalue weighted by Gasteiger charge is -2.05. The quantitative estimate of drug-likeness (QED) is 0.788. The van der Waals surface area contributed by atoms with Gasteiger partial charge >= 0.3 is 0 Å². The van der Waals surface area contributed by atoms with Crippen LogP contribution in [0.25, 0.3) is 0 Å². The molecule has 100 valence electrons. The van der Waals surface area contributed by atoms with E-state index in [-0.39, 0.29) is 5.78 Å². The zero-order valence-corrected chi connectivity index (χ0v) is 12.8. The van der Waals surface area contributed by atoms with Crippen LogP contribution in [-0.2, 0) is 19.4 Å². The number of carbonyl (C=O) groups excluding carboxylic acids is 1. The number of aryl methyl sites for hydroxylation is 2. The Hall–Kier alpha value is -1.42. The zero-order valence-electron chi connectivity index (χ0n) is 11.2. The maximum atomic E-state index is 12.3. The average molecular weight is 321 g/mol. The van der Waals surface area contributed by atoms with Crippen molar-refractivity contribution in [3.05, 3.63) is 51.8 Å². The predicted molar refractivity (Wildman–Crippen MR) is 79.5 cm³/mol. The number of hydrogen-bond donors (Lipinski definition) is 0. The number of Topliss-reactive ketones (excluding diaryl/α,β-unsaturated/α-hetero) is 1. The molecule has 0 aliphatic carbocycles. The summed E-state index contributed by atoms with van der Waals surface area (Å²) in [6.45, 7) is 4.90. The van der Waals surface area contributed by atoms with Crippen molar-refractivity contribution in [3.8, 4) is 0 Å². The average Bonchev–Trinajstić information content (AvgIpc) is 2.81. The fraction of sp³-hybridized carbons (Fsp3) is 0.333. The number of hydrogen-bond acceptors (Lipinski definition) is 2. The summed E-state index contributed by atoms with van der Waals surface area (Å²) in [6, 6.07) is 9.55. The Kier molecular flexibility index (Phi) is 4.53. The lowest BCUT2D eigenvalue weighted by molar-refractivity contribution is 0.0990. The minimum Gasteiger partial charge on any atom is -0.294 e.